The third kappa shape index (κ3) is 2.41. The van der Waals surface area contributed by atoms with Gasteiger partial charge in [-0.05, 0) is 32.7 Å². The highest BCUT2D eigenvalue weighted by Crippen LogP contribution is 2.26. The summed E-state index contributed by atoms with van der Waals surface area (Å²) in [4.78, 5) is 4.56. The molecule has 0 saturated heterocycles. The molecule has 5 nitrogen and oxygen atoms in total. The number of fused-ring (bicyclic) bond motifs is 1. The standard InChI is InChI=1S/C11H20N4O/c1-2-16-9-5-4-8-15-11(9)13-10(14-15)6-3-7-12/h9H,2-8,12H2,1H3. The number of hydrogen-bond donors (Lipinski definition) is 1. The number of aryl methyl sites for hydroxylation is 2. The van der Waals surface area contributed by atoms with Crippen LogP contribution in [0.3, 0.4) is 0 Å². The summed E-state index contributed by atoms with van der Waals surface area (Å²) in [7, 11) is 0. The molecule has 2 N–H and O–H groups in total. The molecular formula is C11H20N4O. The Morgan fingerprint density at radius 2 is 2.44 bits per heavy atom. The van der Waals surface area contributed by atoms with E-state index < -0.39 is 0 Å². The van der Waals surface area contributed by atoms with E-state index in [1.807, 2.05) is 11.6 Å². The zero-order chi connectivity index (χ0) is 11.4. The van der Waals surface area contributed by atoms with Crippen molar-refractivity contribution in [1.82, 2.24) is 14.8 Å². The molecule has 1 unspecified atom stereocenters. The monoisotopic (exact) mass is 224 g/mol. The molecule has 2 heterocycles. The summed E-state index contributed by atoms with van der Waals surface area (Å²) < 4.78 is 7.67. The Labute approximate surface area is 96.0 Å². The predicted octanol–water partition coefficient (Wildman–Crippen LogP) is 1.04. The fourth-order valence-electron chi connectivity index (χ4n) is 2.09. The summed E-state index contributed by atoms with van der Waals surface area (Å²) >= 11 is 0. The van der Waals surface area contributed by atoms with Crippen LogP contribution in [0.15, 0.2) is 0 Å². The molecule has 0 aliphatic carbocycles. The van der Waals surface area contributed by atoms with Crippen molar-refractivity contribution in [1.29, 1.82) is 0 Å². The van der Waals surface area contributed by atoms with Gasteiger partial charge in [0.15, 0.2) is 11.6 Å². The first-order valence-electron chi connectivity index (χ1n) is 6.10. The number of nitrogens with zero attached hydrogens (tertiary/aromatic N) is 3. The van der Waals surface area contributed by atoms with Crippen molar-refractivity contribution in [2.45, 2.75) is 45.3 Å². The van der Waals surface area contributed by atoms with E-state index in [9.17, 15) is 0 Å². The molecule has 1 aromatic rings. The van der Waals surface area contributed by atoms with Gasteiger partial charge < -0.3 is 10.5 Å². The number of ether oxygens (including phenoxy) is 1. The van der Waals surface area contributed by atoms with Gasteiger partial charge in [-0.1, -0.05) is 0 Å². The van der Waals surface area contributed by atoms with Gasteiger partial charge in [0.05, 0.1) is 0 Å². The summed E-state index contributed by atoms with van der Waals surface area (Å²) in [5, 5.41) is 4.49. The molecule has 2 rings (SSSR count). The molecule has 16 heavy (non-hydrogen) atoms. The molecule has 0 fully saturated rings. The number of rotatable bonds is 5. The lowest BCUT2D eigenvalue weighted by Gasteiger charge is -2.21. The first kappa shape index (κ1) is 11.5. The van der Waals surface area contributed by atoms with Crippen LogP contribution in [-0.2, 0) is 17.7 Å². The van der Waals surface area contributed by atoms with Crippen molar-refractivity contribution in [3.63, 3.8) is 0 Å². The van der Waals surface area contributed by atoms with Crippen molar-refractivity contribution in [2.24, 2.45) is 5.73 Å². The molecule has 0 bridgehead atoms. The maximum Gasteiger partial charge on any atom is 0.156 e. The van der Waals surface area contributed by atoms with Gasteiger partial charge in [0.1, 0.15) is 6.10 Å². The molecule has 0 amide bonds. The third-order valence-corrected chi connectivity index (χ3v) is 2.84. The summed E-state index contributed by atoms with van der Waals surface area (Å²) in [6, 6.07) is 0. The molecule has 5 heteroatoms. The van der Waals surface area contributed by atoms with E-state index in [1.165, 1.54) is 0 Å². The number of hydrogen-bond acceptors (Lipinski definition) is 4. The Bertz CT molecular complexity index is 337. The van der Waals surface area contributed by atoms with Crippen LogP contribution in [0.2, 0.25) is 0 Å². The molecule has 90 valence electrons. The average molecular weight is 224 g/mol. The largest absolute Gasteiger partial charge is 0.371 e. The second-order valence-corrected chi connectivity index (χ2v) is 4.09. The zero-order valence-electron chi connectivity index (χ0n) is 9.85. The van der Waals surface area contributed by atoms with E-state index in [0.29, 0.717) is 6.54 Å². The first-order valence-corrected chi connectivity index (χ1v) is 6.10. The number of nitrogens with two attached hydrogens (primary N) is 1. The third-order valence-electron chi connectivity index (χ3n) is 2.84. The minimum atomic E-state index is 0.137. The molecule has 0 aromatic carbocycles. The first-order chi connectivity index (χ1) is 7.85. The van der Waals surface area contributed by atoms with Crippen molar-refractivity contribution in [3.05, 3.63) is 11.6 Å². The normalized spacial score (nSPS) is 19.8. The Morgan fingerprint density at radius 1 is 1.56 bits per heavy atom. The Balaban J connectivity index is 2.10. The highest BCUT2D eigenvalue weighted by atomic mass is 16.5. The molecule has 1 atom stereocenters. The van der Waals surface area contributed by atoms with E-state index in [2.05, 4.69) is 10.1 Å². The fraction of sp³-hybridized carbons (Fsp3) is 0.818. The average Bonchev–Trinajstić information content (AvgIpc) is 2.70. The van der Waals surface area contributed by atoms with E-state index in [-0.39, 0.29) is 6.10 Å². The Hall–Kier alpha value is -0.940. The molecule has 1 aromatic heterocycles. The van der Waals surface area contributed by atoms with Crippen LogP contribution >= 0.6 is 0 Å². The minimum absolute atomic E-state index is 0.137. The second kappa shape index (κ2) is 5.41. The topological polar surface area (TPSA) is 66.0 Å². The van der Waals surface area contributed by atoms with Gasteiger partial charge in [-0.15, -0.1) is 0 Å². The van der Waals surface area contributed by atoms with Crippen molar-refractivity contribution in [2.75, 3.05) is 13.2 Å². The van der Waals surface area contributed by atoms with E-state index >= 15 is 0 Å². The van der Waals surface area contributed by atoms with Gasteiger partial charge in [0, 0.05) is 19.6 Å². The summed E-state index contributed by atoms with van der Waals surface area (Å²) in [6.07, 6.45) is 4.14. The lowest BCUT2D eigenvalue weighted by atomic mass is 10.1. The van der Waals surface area contributed by atoms with E-state index in [0.717, 1.165) is 50.5 Å². The zero-order valence-corrected chi connectivity index (χ0v) is 9.85. The van der Waals surface area contributed by atoms with Gasteiger partial charge >= 0.3 is 0 Å². The van der Waals surface area contributed by atoms with Gasteiger partial charge in [-0.2, -0.15) is 5.10 Å². The highest BCUT2D eigenvalue weighted by molar-refractivity contribution is 5.00. The van der Waals surface area contributed by atoms with Gasteiger partial charge in [-0.3, -0.25) is 0 Å². The van der Waals surface area contributed by atoms with Gasteiger partial charge in [-0.25, -0.2) is 9.67 Å². The lowest BCUT2D eigenvalue weighted by Crippen LogP contribution is -2.19. The minimum Gasteiger partial charge on any atom is -0.371 e. The van der Waals surface area contributed by atoms with Crippen LogP contribution in [0.25, 0.3) is 0 Å². The van der Waals surface area contributed by atoms with E-state index in [4.69, 9.17) is 10.5 Å². The highest BCUT2D eigenvalue weighted by Gasteiger charge is 2.24. The van der Waals surface area contributed by atoms with Crippen LogP contribution in [0.4, 0.5) is 0 Å². The summed E-state index contributed by atoms with van der Waals surface area (Å²) in [6.45, 7) is 4.41. The smallest absolute Gasteiger partial charge is 0.156 e. The second-order valence-electron chi connectivity index (χ2n) is 4.09. The Morgan fingerprint density at radius 3 is 3.19 bits per heavy atom. The predicted molar refractivity (Wildman–Crippen MR) is 61.0 cm³/mol. The quantitative estimate of drug-likeness (QED) is 0.811. The maximum atomic E-state index is 5.68. The molecule has 1 aliphatic heterocycles. The van der Waals surface area contributed by atoms with E-state index in [1.54, 1.807) is 0 Å². The number of aromatic nitrogens is 3. The summed E-state index contributed by atoms with van der Waals surface area (Å²) in [5.41, 5.74) is 5.49. The van der Waals surface area contributed by atoms with Crippen LogP contribution < -0.4 is 5.73 Å². The van der Waals surface area contributed by atoms with Crippen LogP contribution in [0.1, 0.15) is 43.9 Å². The molecule has 1 aliphatic rings. The molecule has 0 saturated carbocycles. The van der Waals surface area contributed by atoms with Crippen LogP contribution in [-0.4, -0.2) is 27.9 Å². The summed E-state index contributed by atoms with van der Waals surface area (Å²) in [5.74, 6) is 1.91. The van der Waals surface area contributed by atoms with Gasteiger partial charge in [0.2, 0.25) is 0 Å². The lowest BCUT2D eigenvalue weighted by molar-refractivity contribution is 0.0349. The maximum absolute atomic E-state index is 5.68. The molecule has 0 spiro atoms. The van der Waals surface area contributed by atoms with Crippen LogP contribution in [0.5, 0.6) is 0 Å². The van der Waals surface area contributed by atoms with Crippen molar-refractivity contribution < 1.29 is 4.74 Å². The van der Waals surface area contributed by atoms with Gasteiger partial charge in [0.25, 0.3) is 0 Å². The van der Waals surface area contributed by atoms with Crippen LogP contribution in [0, 0.1) is 0 Å². The van der Waals surface area contributed by atoms with Crippen molar-refractivity contribution >= 4 is 0 Å². The SMILES string of the molecule is CCOC1CCCn2nc(CCCN)nc21. The Kier molecular flexibility index (Phi) is 3.90. The fourth-order valence-corrected chi connectivity index (χ4v) is 2.09. The molecular weight excluding hydrogens is 204 g/mol. The van der Waals surface area contributed by atoms with Crippen molar-refractivity contribution in [3.8, 4) is 0 Å². The molecule has 0 radical (unpaired) electrons.